The number of benzene rings is 1. The third kappa shape index (κ3) is 2.38. The lowest BCUT2D eigenvalue weighted by Crippen LogP contribution is -2.29. The molecular weight excluding hydrogens is 274 g/mol. The summed E-state index contributed by atoms with van der Waals surface area (Å²) in [4.78, 5) is 12.6. The summed E-state index contributed by atoms with van der Waals surface area (Å²) in [5, 5.41) is 0.594. The number of rotatable bonds is 2. The fourth-order valence-electron chi connectivity index (χ4n) is 2.35. The molecule has 1 fully saturated rings. The summed E-state index contributed by atoms with van der Waals surface area (Å²) in [6, 6.07) is 3.59. The van der Waals surface area contributed by atoms with Crippen molar-refractivity contribution in [2.75, 3.05) is 0 Å². The first-order valence-corrected chi connectivity index (χ1v) is 7.07. The molecule has 0 radical (unpaired) electrons. The standard InChI is InChI=1S/C13H15Cl2OP/c1-8-4-5-9(14)10(11(8)15)12(16)13(17)6-2-3-7-13/h4-5H,2-3,6-7,17H2,1H3. The molecule has 0 saturated heterocycles. The minimum Gasteiger partial charge on any atom is -0.293 e. The molecule has 1 atom stereocenters. The van der Waals surface area contributed by atoms with Crippen LogP contribution in [0.5, 0.6) is 0 Å². The van der Waals surface area contributed by atoms with Crippen molar-refractivity contribution in [2.24, 2.45) is 0 Å². The average molecular weight is 289 g/mol. The van der Waals surface area contributed by atoms with E-state index in [0.717, 1.165) is 31.2 Å². The van der Waals surface area contributed by atoms with Gasteiger partial charge in [0.2, 0.25) is 0 Å². The van der Waals surface area contributed by atoms with Gasteiger partial charge < -0.3 is 0 Å². The Kier molecular flexibility index (Phi) is 3.83. The summed E-state index contributed by atoms with van der Waals surface area (Å²) >= 11 is 12.3. The number of carbonyl (C=O) groups is 1. The van der Waals surface area contributed by atoms with Gasteiger partial charge in [-0.3, -0.25) is 4.79 Å². The maximum atomic E-state index is 12.6. The van der Waals surface area contributed by atoms with Gasteiger partial charge in [-0.15, -0.1) is 9.24 Å². The number of carbonyl (C=O) groups excluding carboxylic acids is 1. The van der Waals surface area contributed by atoms with Gasteiger partial charge in [0, 0.05) is 5.16 Å². The van der Waals surface area contributed by atoms with Gasteiger partial charge in [-0.05, 0) is 31.4 Å². The van der Waals surface area contributed by atoms with Crippen LogP contribution in [-0.4, -0.2) is 10.9 Å². The lowest BCUT2D eigenvalue weighted by molar-refractivity contribution is 0.0944. The van der Waals surface area contributed by atoms with Gasteiger partial charge in [0.25, 0.3) is 0 Å². The number of ketones is 1. The lowest BCUT2D eigenvalue weighted by Gasteiger charge is -2.23. The van der Waals surface area contributed by atoms with Crippen molar-refractivity contribution >= 4 is 38.2 Å². The summed E-state index contributed by atoms with van der Waals surface area (Å²) in [7, 11) is 2.71. The summed E-state index contributed by atoms with van der Waals surface area (Å²) in [5.41, 5.74) is 1.39. The highest BCUT2D eigenvalue weighted by Crippen LogP contribution is 2.43. The molecular formula is C13H15Cl2OP. The van der Waals surface area contributed by atoms with Gasteiger partial charge >= 0.3 is 0 Å². The molecule has 1 nitrogen and oxygen atoms in total. The van der Waals surface area contributed by atoms with Crippen LogP contribution in [0, 0.1) is 6.92 Å². The summed E-state index contributed by atoms with van der Waals surface area (Å²) in [6.07, 6.45) is 3.99. The molecule has 0 aromatic heterocycles. The molecule has 2 rings (SSSR count). The highest BCUT2D eigenvalue weighted by atomic mass is 35.5. The summed E-state index contributed by atoms with van der Waals surface area (Å²) < 4.78 is 0. The predicted octanol–water partition coefficient (Wildman–Crippen LogP) is 4.67. The minimum absolute atomic E-state index is 0.0682. The first-order valence-electron chi connectivity index (χ1n) is 5.74. The third-order valence-corrected chi connectivity index (χ3v) is 5.10. The van der Waals surface area contributed by atoms with Gasteiger partial charge in [-0.2, -0.15) is 0 Å². The van der Waals surface area contributed by atoms with E-state index in [-0.39, 0.29) is 10.9 Å². The topological polar surface area (TPSA) is 17.1 Å². The van der Waals surface area contributed by atoms with Crippen LogP contribution in [0.2, 0.25) is 10.0 Å². The van der Waals surface area contributed by atoms with E-state index >= 15 is 0 Å². The molecule has 0 bridgehead atoms. The lowest BCUT2D eigenvalue weighted by atomic mass is 9.94. The van der Waals surface area contributed by atoms with Crippen LogP contribution >= 0.6 is 32.4 Å². The Morgan fingerprint density at radius 1 is 1.29 bits per heavy atom. The summed E-state index contributed by atoms with van der Waals surface area (Å²) in [6.45, 7) is 1.89. The Morgan fingerprint density at radius 2 is 1.88 bits per heavy atom. The van der Waals surface area contributed by atoms with Gasteiger partial charge in [0.05, 0.1) is 15.6 Å². The Hall–Kier alpha value is -0.100. The SMILES string of the molecule is Cc1ccc(Cl)c(C(=O)C2(P)CCCC2)c1Cl. The predicted molar refractivity (Wildman–Crippen MR) is 76.4 cm³/mol. The molecule has 0 N–H and O–H groups in total. The zero-order valence-corrected chi connectivity index (χ0v) is 12.4. The van der Waals surface area contributed by atoms with Crippen LogP contribution in [0.3, 0.4) is 0 Å². The van der Waals surface area contributed by atoms with Crippen molar-refractivity contribution in [3.63, 3.8) is 0 Å². The number of aryl methyl sites for hydroxylation is 1. The fraction of sp³-hybridized carbons (Fsp3) is 0.462. The van der Waals surface area contributed by atoms with Crippen LogP contribution in [0.4, 0.5) is 0 Å². The molecule has 4 heteroatoms. The normalized spacial score (nSPS) is 18.4. The van der Waals surface area contributed by atoms with Crippen molar-refractivity contribution in [1.29, 1.82) is 0 Å². The molecule has 0 amide bonds. The Bertz CT molecular complexity index is 465. The van der Waals surface area contributed by atoms with Gasteiger partial charge in [-0.1, -0.05) is 42.1 Å². The Morgan fingerprint density at radius 3 is 2.47 bits per heavy atom. The Balaban J connectivity index is 2.47. The maximum absolute atomic E-state index is 12.6. The van der Waals surface area contributed by atoms with E-state index in [1.807, 2.05) is 13.0 Å². The van der Waals surface area contributed by atoms with Crippen LogP contribution in [0.1, 0.15) is 41.6 Å². The molecule has 1 aliphatic rings. The number of hydrogen-bond donors (Lipinski definition) is 0. The van der Waals surface area contributed by atoms with Crippen LogP contribution in [0.25, 0.3) is 0 Å². The first-order chi connectivity index (χ1) is 7.96. The second-order valence-corrected chi connectivity index (χ2v) is 6.64. The largest absolute Gasteiger partial charge is 0.293 e. The van der Waals surface area contributed by atoms with Crippen LogP contribution < -0.4 is 0 Å². The number of Topliss-reactive ketones (excluding diaryl/α,β-unsaturated/α-hetero) is 1. The minimum atomic E-state index is -0.360. The molecule has 0 aliphatic heterocycles. The number of halogens is 2. The van der Waals surface area contributed by atoms with E-state index in [1.54, 1.807) is 6.07 Å². The smallest absolute Gasteiger partial charge is 0.175 e. The van der Waals surface area contributed by atoms with E-state index < -0.39 is 0 Å². The molecule has 1 unspecified atom stereocenters. The van der Waals surface area contributed by atoms with E-state index in [4.69, 9.17) is 23.2 Å². The molecule has 1 aromatic carbocycles. The molecule has 0 spiro atoms. The maximum Gasteiger partial charge on any atom is 0.175 e. The molecule has 1 saturated carbocycles. The molecule has 1 aliphatic carbocycles. The fourth-order valence-corrected chi connectivity index (χ4v) is 3.44. The molecule has 0 heterocycles. The molecule has 92 valence electrons. The van der Waals surface area contributed by atoms with Crippen LogP contribution in [0.15, 0.2) is 12.1 Å². The van der Waals surface area contributed by atoms with Crippen LogP contribution in [-0.2, 0) is 0 Å². The Labute approximate surface area is 114 Å². The van der Waals surface area contributed by atoms with Crippen molar-refractivity contribution in [1.82, 2.24) is 0 Å². The quantitative estimate of drug-likeness (QED) is 0.571. The second kappa shape index (κ2) is 4.88. The second-order valence-electron chi connectivity index (χ2n) is 4.75. The first kappa shape index (κ1) is 13.3. The summed E-state index contributed by atoms with van der Waals surface area (Å²) in [5.74, 6) is 0.0682. The highest BCUT2D eigenvalue weighted by Gasteiger charge is 2.38. The third-order valence-electron chi connectivity index (χ3n) is 3.46. The average Bonchev–Trinajstić information content (AvgIpc) is 2.72. The van der Waals surface area contributed by atoms with E-state index in [0.29, 0.717) is 15.6 Å². The van der Waals surface area contributed by atoms with E-state index in [9.17, 15) is 4.79 Å². The van der Waals surface area contributed by atoms with E-state index in [1.165, 1.54) is 0 Å². The zero-order valence-electron chi connectivity index (χ0n) is 9.72. The molecule has 1 aromatic rings. The van der Waals surface area contributed by atoms with Crippen molar-refractivity contribution in [3.05, 3.63) is 33.3 Å². The van der Waals surface area contributed by atoms with Gasteiger partial charge in [-0.25, -0.2) is 0 Å². The van der Waals surface area contributed by atoms with Gasteiger partial charge in [0.15, 0.2) is 5.78 Å². The number of hydrogen-bond acceptors (Lipinski definition) is 1. The van der Waals surface area contributed by atoms with Gasteiger partial charge in [0.1, 0.15) is 0 Å². The van der Waals surface area contributed by atoms with Crippen molar-refractivity contribution < 1.29 is 4.79 Å². The highest BCUT2D eigenvalue weighted by molar-refractivity contribution is 7.21. The van der Waals surface area contributed by atoms with E-state index in [2.05, 4.69) is 9.24 Å². The zero-order chi connectivity index (χ0) is 12.6. The van der Waals surface area contributed by atoms with Crippen molar-refractivity contribution in [3.8, 4) is 0 Å². The monoisotopic (exact) mass is 288 g/mol. The van der Waals surface area contributed by atoms with Crippen molar-refractivity contribution in [2.45, 2.75) is 37.8 Å². The molecule has 17 heavy (non-hydrogen) atoms.